The first-order chi connectivity index (χ1) is 20.2. The molecule has 0 unspecified atom stereocenters. The lowest BCUT2D eigenvalue weighted by Crippen LogP contribution is -2.64. The van der Waals surface area contributed by atoms with Crippen molar-refractivity contribution in [3.05, 3.63) is 87.9 Å². The Kier molecular flexibility index (Phi) is 9.03. The van der Waals surface area contributed by atoms with Crippen LogP contribution in [0.5, 0.6) is 0 Å². The molecule has 1 aliphatic carbocycles. The largest absolute Gasteiger partial charge is 0.480 e. The zero-order valence-corrected chi connectivity index (χ0v) is 24.0. The molecule has 0 spiro atoms. The molecule has 2 atom stereocenters. The summed E-state index contributed by atoms with van der Waals surface area (Å²) in [4.78, 5) is 61.3. The summed E-state index contributed by atoms with van der Waals surface area (Å²) in [7, 11) is 0. The van der Waals surface area contributed by atoms with Crippen molar-refractivity contribution in [2.75, 3.05) is 5.32 Å². The van der Waals surface area contributed by atoms with Crippen LogP contribution in [0.3, 0.4) is 0 Å². The van der Waals surface area contributed by atoms with Crippen molar-refractivity contribution < 1.29 is 24.3 Å². The Bertz CT molecular complexity index is 1460. The van der Waals surface area contributed by atoms with Crippen LogP contribution < -0.4 is 10.6 Å². The lowest BCUT2D eigenvalue weighted by Gasteiger charge is -2.50. The Labute approximate surface area is 252 Å². The summed E-state index contributed by atoms with van der Waals surface area (Å²) >= 11 is 12.1. The summed E-state index contributed by atoms with van der Waals surface area (Å²) in [5.41, 5.74) is 1.99. The average Bonchev–Trinajstić information content (AvgIpc) is 2.98. The lowest BCUT2D eigenvalue weighted by molar-refractivity contribution is -0.154. The Morgan fingerprint density at radius 2 is 1.55 bits per heavy atom. The average molecular weight is 610 g/mol. The van der Waals surface area contributed by atoms with E-state index in [1.807, 2.05) is 0 Å². The third kappa shape index (κ3) is 6.55. The predicted molar refractivity (Wildman–Crippen MR) is 156 cm³/mol. The van der Waals surface area contributed by atoms with E-state index < -0.39 is 29.9 Å². The van der Waals surface area contributed by atoms with Crippen molar-refractivity contribution in [2.45, 2.75) is 56.7 Å². The van der Waals surface area contributed by atoms with Crippen LogP contribution >= 0.6 is 23.2 Å². The number of nitrogens with zero attached hydrogens (tertiary/aromatic N) is 3. The fraction of sp³-hybridized carbons (Fsp3) is 0.333. The maximum atomic E-state index is 13.6. The number of amides is 3. The number of carbonyl (C=O) groups excluding carboxylic acids is 3. The Morgan fingerprint density at radius 3 is 2.17 bits per heavy atom. The molecule has 2 saturated heterocycles. The highest BCUT2D eigenvalue weighted by molar-refractivity contribution is 6.40. The SMILES string of the molecule is O=C(Nc1ccc(C[C@H](NC(=O)[C@@H]2C3CCC(CC3)N2C(=O)Cc2ccncc2)C(=O)O)cc1)c1c(Cl)cncc1Cl. The molecule has 1 aromatic carbocycles. The van der Waals surface area contributed by atoms with Gasteiger partial charge in [-0.25, -0.2) is 4.79 Å². The minimum Gasteiger partial charge on any atom is -0.480 e. The first kappa shape index (κ1) is 29.5. The number of carboxylic acids is 1. The quantitative estimate of drug-likeness (QED) is 0.331. The molecule has 2 aliphatic heterocycles. The van der Waals surface area contributed by atoms with E-state index in [1.165, 1.54) is 12.4 Å². The minimum atomic E-state index is -1.20. The van der Waals surface area contributed by atoms with Gasteiger partial charge >= 0.3 is 5.97 Å². The molecule has 42 heavy (non-hydrogen) atoms. The number of anilines is 1. The van der Waals surface area contributed by atoms with E-state index in [9.17, 15) is 24.3 Å². The Morgan fingerprint density at radius 1 is 0.905 bits per heavy atom. The van der Waals surface area contributed by atoms with Gasteiger partial charge < -0.3 is 20.6 Å². The number of hydrogen-bond donors (Lipinski definition) is 3. The number of benzene rings is 1. The molecule has 2 aromatic heterocycles. The van der Waals surface area contributed by atoms with E-state index >= 15 is 0 Å². The van der Waals surface area contributed by atoms with E-state index in [0.29, 0.717) is 11.3 Å². The predicted octanol–water partition coefficient (Wildman–Crippen LogP) is 4.16. The van der Waals surface area contributed by atoms with Gasteiger partial charge in [0.15, 0.2) is 0 Å². The molecule has 218 valence electrons. The number of pyridine rings is 2. The second-order valence-corrected chi connectivity index (χ2v) is 11.4. The van der Waals surface area contributed by atoms with Gasteiger partial charge in [0.2, 0.25) is 11.8 Å². The van der Waals surface area contributed by atoms with Gasteiger partial charge in [0.05, 0.1) is 22.0 Å². The third-order valence-electron chi connectivity index (χ3n) is 7.89. The van der Waals surface area contributed by atoms with Crippen molar-refractivity contribution in [2.24, 2.45) is 5.92 Å². The van der Waals surface area contributed by atoms with Gasteiger partial charge in [-0.3, -0.25) is 24.4 Å². The number of aromatic nitrogens is 2. The monoisotopic (exact) mass is 609 g/mol. The number of carbonyl (C=O) groups is 4. The fourth-order valence-electron chi connectivity index (χ4n) is 5.85. The summed E-state index contributed by atoms with van der Waals surface area (Å²) in [5.74, 6) is -2.31. The molecule has 3 fully saturated rings. The number of nitrogens with one attached hydrogen (secondary N) is 2. The van der Waals surface area contributed by atoms with Crippen LogP contribution in [-0.4, -0.2) is 61.8 Å². The normalized spacial score (nSPS) is 20.0. The summed E-state index contributed by atoms with van der Waals surface area (Å²) in [6, 6.07) is 8.17. The highest BCUT2D eigenvalue weighted by Crippen LogP contribution is 2.40. The molecule has 12 heteroatoms. The van der Waals surface area contributed by atoms with Gasteiger partial charge in [-0.2, -0.15) is 0 Å². The number of halogens is 2. The van der Waals surface area contributed by atoms with Crippen molar-refractivity contribution in [3.63, 3.8) is 0 Å². The third-order valence-corrected chi connectivity index (χ3v) is 8.46. The van der Waals surface area contributed by atoms with Gasteiger partial charge in [0, 0.05) is 42.9 Å². The molecule has 0 radical (unpaired) electrons. The second-order valence-electron chi connectivity index (χ2n) is 10.6. The number of hydrogen-bond acceptors (Lipinski definition) is 6. The molecular weight excluding hydrogens is 581 g/mol. The molecular formula is C30H29Cl2N5O5. The van der Waals surface area contributed by atoms with Crippen LogP contribution in [0.4, 0.5) is 5.69 Å². The molecule has 3 amide bonds. The zero-order valence-electron chi connectivity index (χ0n) is 22.5. The number of fused-ring (bicyclic) bond motifs is 3. The van der Waals surface area contributed by atoms with Gasteiger partial charge in [0.25, 0.3) is 5.91 Å². The maximum absolute atomic E-state index is 13.6. The van der Waals surface area contributed by atoms with Crippen LogP contribution in [0.1, 0.15) is 47.2 Å². The smallest absolute Gasteiger partial charge is 0.326 e. The molecule has 3 aliphatic rings. The summed E-state index contributed by atoms with van der Waals surface area (Å²) in [5, 5.41) is 15.6. The second kappa shape index (κ2) is 12.9. The lowest BCUT2D eigenvalue weighted by atomic mass is 9.74. The molecule has 3 N–H and O–H groups in total. The van der Waals surface area contributed by atoms with Crippen molar-refractivity contribution in [3.8, 4) is 0 Å². The number of piperidine rings is 2. The molecule has 3 aromatic rings. The number of carboxylic acid groups (broad SMARTS) is 1. The summed E-state index contributed by atoms with van der Waals surface area (Å²) in [6.45, 7) is 0. The van der Waals surface area contributed by atoms with Crippen molar-refractivity contribution in [1.82, 2.24) is 20.2 Å². The van der Waals surface area contributed by atoms with Crippen LogP contribution in [0, 0.1) is 5.92 Å². The molecule has 1 saturated carbocycles. The number of rotatable bonds is 9. The zero-order chi connectivity index (χ0) is 29.8. The van der Waals surface area contributed by atoms with Crippen molar-refractivity contribution in [1.29, 1.82) is 0 Å². The first-order valence-corrected chi connectivity index (χ1v) is 14.4. The summed E-state index contributed by atoms with van der Waals surface area (Å²) < 4.78 is 0. The highest BCUT2D eigenvalue weighted by atomic mass is 35.5. The van der Waals surface area contributed by atoms with E-state index in [1.54, 1.807) is 53.7 Å². The highest BCUT2D eigenvalue weighted by Gasteiger charge is 2.47. The van der Waals surface area contributed by atoms with Gasteiger partial charge in [0.1, 0.15) is 12.1 Å². The molecule has 4 heterocycles. The summed E-state index contributed by atoms with van der Waals surface area (Å²) in [6.07, 6.45) is 9.37. The van der Waals surface area contributed by atoms with Crippen LogP contribution in [-0.2, 0) is 27.2 Å². The van der Waals surface area contributed by atoms with E-state index in [-0.39, 0.29) is 46.3 Å². The maximum Gasteiger partial charge on any atom is 0.326 e. The van der Waals surface area contributed by atoms with Gasteiger partial charge in [-0.15, -0.1) is 0 Å². The standard InChI is InChI=1S/C30H29Cl2N5O5/c31-22-15-34-16-23(32)26(22)28(39)35-20-5-1-17(2-6-20)13-24(30(41)42)36-29(40)27-19-3-7-21(8-4-19)37(27)25(38)14-18-9-11-33-12-10-18/h1-2,5-6,9-12,15-16,19,21,24,27H,3-4,7-8,13-14H2,(H,35,39)(H,36,40)(H,41,42)/t19?,21?,24-,27-/m0/s1. The Balaban J connectivity index is 1.25. The fourth-order valence-corrected chi connectivity index (χ4v) is 6.39. The van der Waals surface area contributed by atoms with E-state index in [2.05, 4.69) is 20.6 Å². The molecule has 2 bridgehead atoms. The van der Waals surface area contributed by atoms with E-state index in [4.69, 9.17) is 23.2 Å². The van der Waals surface area contributed by atoms with Crippen LogP contribution in [0.25, 0.3) is 0 Å². The van der Waals surface area contributed by atoms with E-state index in [0.717, 1.165) is 31.2 Å². The number of aliphatic carboxylic acids is 1. The Hall–Kier alpha value is -4.02. The first-order valence-electron chi connectivity index (χ1n) is 13.6. The van der Waals surface area contributed by atoms with Crippen molar-refractivity contribution >= 4 is 52.6 Å². The minimum absolute atomic E-state index is 0.0170. The van der Waals surface area contributed by atoms with Gasteiger partial charge in [-0.1, -0.05) is 35.3 Å². The topological polar surface area (TPSA) is 142 Å². The van der Waals surface area contributed by atoms with Crippen LogP contribution in [0.2, 0.25) is 10.0 Å². The molecule has 10 nitrogen and oxygen atoms in total. The van der Waals surface area contributed by atoms with Gasteiger partial charge in [-0.05, 0) is 67.0 Å². The molecule has 6 rings (SSSR count). The van der Waals surface area contributed by atoms with Crippen LogP contribution in [0.15, 0.2) is 61.2 Å².